The Morgan fingerprint density at radius 3 is 2.88 bits per heavy atom. The van der Waals surface area contributed by atoms with Crippen LogP contribution in [0.5, 0.6) is 5.75 Å². The maximum atomic E-state index is 11.8. The minimum absolute atomic E-state index is 0.166. The second-order valence-corrected chi connectivity index (χ2v) is 5.82. The van der Waals surface area contributed by atoms with Crippen molar-refractivity contribution in [1.29, 1.82) is 0 Å². The van der Waals surface area contributed by atoms with Crippen molar-refractivity contribution in [3.8, 4) is 5.75 Å². The Kier molecular flexibility index (Phi) is 4.46. The predicted molar refractivity (Wildman–Crippen MR) is 91.3 cm³/mol. The normalized spacial score (nSPS) is 15.6. The van der Waals surface area contributed by atoms with Crippen LogP contribution in [0.3, 0.4) is 0 Å². The largest absolute Gasteiger partial charge is 0.484 e. The molecule has 3 rings (SSSR count). The summed E-state index contributed by atoms with van der Waals surface area (Å²) >= 11 is 0. The summed E-state index contributed by atoms with van der Waals surface area (Å²) in [6.45, 7) is 3.71. The lowest BCUT2D eigenvalue weighted by Crippen LogP contribution is -2.25. The van der Waals surface area contributed by atoms with Gasteiger partial charge in [0.05, 0.1) is 5.71 Å². The van der Waals surface area contributed by atoms with Crippen LogP contribution < -0.4 is 15.8 Å². The molecule has 0 spiro atoms. The van der Waals surface area contributed by atoms with Crippen LogP contribution in [0.4, 0.5) is 0 Å². The van der Waals surface area contributed by atoms with Gasteiger partial charge in [0.25, 0.3) is 5.91 Å². The Bertz CT molecular complexity index is 909. The van der Waals surface area contributed by atoms with Gasteiger partial charge in [-0.2, -0.15) is 5.10 Å². The zero-order chi connectivity index (χ0) is 17.1. The second-order valence-electron chi connectivity index (χ2n) is 5.82. The van der Waals surface area contributed by atoms with Crippen LogP contribution in [0.1, 0.15) is 25.3 Å². The van der Waals surface area contributed by atoms with Crippen LogP contribution >= 0.6 is 0 Å². The summed E-state index contributed by atoms with van der Waals surface area (Å²) < 4.78 is 10.6. The summed E-state index contributed by atoms with van der Waals surface area (Å²) in [5, 5.41) is 4.89. The fourth-order valence-electron chi connectivity index (χ4n) is 2.55. The molecule has 1 aromatic heterocycles. The summed E-state index contributed by atoms with van der Waals surface area (Å²) in [7, 11) is 0. The molecule has 6 heteroatoms. The van der Waals surface area contributed by atoms with Gasteiger partial charge in [-0.05, 0) is 50.5 Å². The number of carbonyl (C=O) groups is 1. The zero-order valence-corrected chi connectivity index (χ0v) is 13.6. The minimum atomic E-state index is -0.411. The van der Waals surface area contributed by atoms with Crippen LogP contribution in [-0.2, 0) is 4.79 Å². The SMILES string of the molecule is CC1=C/C(=N/NC(=O)COc2ccc3c(C)cc(=O)oc3c2)CC1. The fourth-order valence-corrected chi connectivity index (χ4v) is 2.55. The third-order valence-electron chi connectivity index (χ3n) is 3.81. The van der Waals surface area contributed by atoms with E-state index in [1.807, 2.05) is 19.9 Å². The average Bonchev–Trinajstić information content (AvgIpc) is 2.96. The second kappa shape index (κ2) is 6.70. The summed E-state index contributed by atoms with van der Waals surface area (Å²) in [5.74, 6) is 0.113. The number of hydrazone groups is 1. The number of hydrogen-bond acceptors (Lipinski definition) is 5. The molecule has 1 aliphatic rings. The standard InChI is InChI=1S/C18H18N2O4/c1-11-3-4-13(7-11)19-20-17(21)10-23-14-5-6-15-12(2)8-18(22)24-16(15)9-14/h5-9H,3-4,10H2,1-2H3,(H,20,21)/b19-13+. The Hall–Kier alpha value is -2.89. The fraction of sp³-hybridized carbons (Fsp3) is 0.278. The van der Waals surface area contributed by atoms with E-state index in [9.17, 15) is 9.59 Å². The summed E-state index contributed by atoms with van der Waals surface area (Å²) in [6, 6.07) is 6.57. The number of allylic oxidation sites excluding steroid dienone is 2. The molecule has 1 aliphatic carbocycles. The third-order valence-corrected chi connectivity index (χ3v) is 3.81. The number of carbonyl (C=O) groups excluding carboxylic acids is 1. The van der Waals surface area contributed by atoms with Crippen molar-refractivity contribution in [2.24, 2.45) is 5.10 Å². The van der Waals surface area contributed by atoms with E-state index in [0.717, 1.165) is 29.5 Å². The van der Waals surface area contributed by atoms with Crippen molar-refractivity contribution in [2.45, 2.75) is 26.7 Å². The van der Waals surface area contributed by atoms with Gasteiger partial charge in [-0.1, -0.05) is 5.57 Å². The quantitative estimate of drug-likeness (QED) is 0.692. The van der Waals surface area contributed by atoms with Gasteiger partial charge in [-0.15, -0.1) is 0 Å². The van der Waals surface area contributed by atoms with Gasteiger partial charge < -0.3 is 9.15 Å². The first kappa shape index (κ1) is 16.0. The molecule has 0 saturated carbocycles. The number of rotatable bonds is 4. The highest BCUT2D eigenvalue weighted by Crippen LogP contribution is 2.22. The van der Waals surface area contributed by atoms with Crippen LogP contribution in [0.2, 0.25) is 0 Å². The minimum Gasteiger partial charge on any atom is -0.484 e. The van der Waals surface area contributed by atoms with Crippen molar-refractivity contribution in [2.75, 3.05) is 6.61 Å². The molecule has 0 saturated heterocycles. The van der Waals surface area contributed by atoms with Crippen LogP contribution in [-0.4, -0.2) is 18.2 Å². The van der Waals surface area contributed by atoms with E-state index < -0.39 is 5.63 Å². The average molecular weight is 326 g/mol. The zero-order valence-electron chi connectivity index (χ0n) is 13.6. The number of nitrogens with zero attached hydrogens (tertiary/aromatic N) is 1. The van der Waals surface area contributed by atoms with Crippen LogP contribution in [0.15, 0.2) is 50.2 Å². The molecule has 0 bridgehead atoms. The van der Waals surface area contributed by atoms with Gasteiger partial charge >= 0.3 is 5.63 Å². The van der Waals surface area contributed by atoms with E-state index in [0.29, 0.717) is 11.3 Å². The molecule has 6 nitrogen and oxygen atoms in total. The number of benzene rings is 1. The Morgan fingerprint density at radius 2 is 2.12 bits per heavy atom. The van der Waals surface area contributed by atoms with Crippen LogP contribution in [0, 0.1) is 6.92 Å². The van der Waals surface area contributed by atoms with E-state index in [1.165, 1.54) is 11.6 Å². The first-order valence-corrected chi connectivity index (χ1v) is 7.71. The topological polar surface area (TPSA) is 80.9 Å². The highest BCUT2D eigenvalue weighted by molar-refractivity contribution is 5.98. The van der Waals surface area contributed by atoms with Gasteiger partial charge in [0.2, 0.25) is 0 Å². The van der Waals surface area contributed by atoms with E-state index in [2.05, 4.69) is 10.5 Å². The molecule has 1 N–H and O–H groups in total. The Morgan fingerprint density at radius 1 is 1.29 bits per heavy atom. The molecule has 0 atom stereocenters. The first-order chi connectivity index (χ1) is 11.5. The molecule has 124 valence electrons. The molecule has 1 aromatic carbocycles. The van der Waals surface area contributed by atoms with E-state index in [1.54, 1.807) is 18.2 Å². The lowest BCUT2D eigenvalue weighted by molar-refractivity contribution is -0.123. The number of aryl methyl sites for hydroxylation is 1. The molecule has 1 heterocycles. The smallest absolute Gasteiger partial charge is 0.336 e. The van der Waals surface area contributed by atoms with Crippen molar-refractivity contribution in [1.82, 2.24) is 5.43 Å². The van der Waals surface area contributed by atoms with Crippen molar-refractivity contribution in [3.05, 3.63) is 51.9 Å². The van der Waals surface area contributed by atoms with Crippen molar-refractivity contribution < 1.29 is 13.9 Å². The molecule has 1 amide bonds. The van der Waals surface area contributed by atoms with Crippen LogP contribution in [0.25, 0.3) is 11.0 Å². The van der Waals surface area contributed by atoms with Gasteiger partial charge in [-0.25, -0.2) is 10.2 Å². The van der Waals surface area contributed by atoms with E-state index in [-0.39, 0.29) is 12.5 Å². The first-order valence-electron chi connectivity index (χ1n) is 7.71. The van der Waals surface area contributed by atoms with E-state index in [4.69, 9.17) is 9.15 Å². The summed E-state index contributed by atoms with van der Waals surface area (Å²) in [4.78, 5) is 23.2. The lowest BCUT2D eigenvalue weighted by Gasteiger charge is -2.07. The number of nitrogens with one attached hydrogen (secondary N) is 1. The van der Waals surface area contributed by atoms with Crippen molar-refractivity contribution >= 4 is 22.6 Å². The summed E-state index contributed by atoms with van der Waals surface area (Å²) in [5.41, 5.74) is 5.46. The molecule has 0 radical (unpaired) electrons. The van der Waals surface area contributed by atoms with Gasteiger partial charge in [0, 0.05) is 17.5 Å². The molecule has 0 fully saturated rings. The third kappa shape index (κ3) is 3.71. The molecular formula is C18H18N2O4. The molecular weight excluding hydrogens is 308 g/mol. The lowest BCUT2D eigenvalue weighted by atomic mass is 10.1. The Balaban J connectivity index is 1.63. The predicted octanol–water partition coefficient (Wildman–Crippen LogP) is 2.69. The maximum absolute atomic E-state index is 11.8. The number of ether oxygens (including phenoxy) is 1. The van der Waals surface area contributed by atoms with Gasteiger partial charge in [0.1, 0.15) is 11.3 Å². The molecule has 0 aliphatic heterocycles. The number of hydrogen-bond donors (Lipinski definition) is 1. The van der Waals surface area contributed by atoms with Gasteiger partial charge in [0.15, 0.2) is 6.61 Å². The number of fused-ring (bicyclic) bond motifs is 1. The van der Waals surface area contributed by atoms with Gasteiger partial charge in [-0.3, -0.25) is 4.79 Å². The molecule has 0 unspecified atom stereocenters. The highest BCUT2D eigenvalue weighted by atomic mass is 16.5. The van der Waals surface area contributed by atoms with Crippen molar-refractivity contribution in [3.63, 3.8) is 0 Å². The summed E-state index contributed by atoms with van der Waals surface area (Å²) in [6.07, 6.45) is 3.79. The Labute approximate surface area is 138 Å². The molecule has 2 aromatic rings. The highest BCUT2D eigenvalue weighted by Gasteiger charge is 2.09. The number of amides is 1. The molecule has 24 heavy (non-hydrogen) atoms. The maximum Gasteiger partial charge on any atom is 0.336 e. The van der Waals surface area contributed by atoms with E-state index >= 15 is 0 Å². The monoisotopic (exact) mass is 326 g/mol.